The zero-order valence-electron chi connectivity index (χ0n) is 16.6. The number of aryl methyl sites for hydroxylation is 2. The Morgan fingerprint density at radius 1 is 0.500 bits per heavy atom. The number of benzene rings is 3. The molecule has 0 unspecified atom stereocenters. The minimum Gasteiger partial charge on any atom is -0.0616 e. The molecular weight excluding hydrogens is 336 g/mol. The van der Waals surface area contributed by atoms with Crippen LogP contribution in [0.2, 0.25) is 0 Å². The molecule has 0 radical (unpaired) electrons. The van der Waals surface area contributed by atoms with Crippen LogP contribution in [0.25, 0.3) is 0 Å². The summed E-state index contributed by atoms with van der Waals surface area (Å²) < 4.78 is 0. The monoisotopic (exact) mass is 360 g/mol. The molecule has 0 saturated heterocycles. The second-order valence-corrected chi connectivity index (χ2v) is 7.56. The molecule has 0 nitrogen and oxygen atoms in total. The van der Waals surface area contributed by atoms with E-state index in [1.807, 2.05) is 0 Å². The molecule has 0 amide bonds. The van der Waals surface area contributed by atoms with Crippen molar-refractivity contribution < 1.29 is 0 Å². The third kappa shape index (κ3) is 4.19. The van der Waals surface area contributed by atoms with Gasteiger partial charge in [-0.3, -0.25) is 0 Å². The van der Waals surface area contributed by atoms with Crippen molar-refractivity contribution in [1.82, 2.24) is 0 Å². The highest BCUT2D eigenvalue weighted by Gasteiger charge is 2.15. The maximum absolute atomic E-state index is 3.42. The highest BCUT2D eigenvalue weighted by molar-refractivity contribution is 5.57. The average Bonchev–Trinajstić information content (AvgIpc) is 2.73. The molecule has 28 heavy (non-hydrogen) atoms. The fourth-order valence-corrected chi connectivity index (χ4v) is 3.65. The molecule has 0 aromatic heterocycles. The summed E-state index contributed by atoms with van der Waals surface area (Å²) in [6, 6.07) is 21.1. The van der Waals surface area contributed by atoms with Gasteiger partial charge in [0.1, 0.15) is 0 Å². The molecule has 3 aromatic carbocycles. The molecule has 0 aliphatic heterocycles. The first kappa shape index (κ1) is 18.2. The quantitative estimate of drug-likeness (QED) is 0.433. The van der Waals surface area contributed by atoms with E-state index in [4.69, 9.17) is 0 Å². The number of hydrogen-bond donors (Lipinski definition) is 0. The summed E-state index contributed by atoms with van der Waals surface area (Å²) in [5.41, 5.74) is 9.80. The second-order valence-electron chi connectivity index (χ2n) is 7.56. The van der Waals surface area contributed by atoms with Crippen LogP contribution in [0.15, 0.2) is 60.7 Å². The lowest BCUT2D eigenvalue weighted by atomic mass is 9.85. The molecule has 0 heteroatoms. The van der Waals surface area contributed by atoms with Crippen molar-refractivity contribution in [1.29, 1.82) is 0 Å². The summed E-state index contributed by atoms with van der Waals surface area (Å²) in [7, 11) is 0. The topological polar surface area (TPSA) is 0 Å². The maximum Gasteiger partial charge on any atom is 0.0284 e. The number of rotatable bonds is 0. The van der Waals surface area contributed by atoms with E-state index in [1.54, 1.807) is 0 Å². The predicted molar refractivity (Wildman–Crippen MR) is 117 cm³/mol. The van der Waals surface area contributed by atoms with E-state index >= 15 is 0 Å². The summed E-state index contributed by atoms with van der Waals surface area (Å²) in [5.74, 6) is 13.5. The minimum atomic E-state index is 1.07. The second kappa shape index (κ2) is 8.21. The first-order chi connectivity index (χ1) is 13.7. The molecule has 0 bridgehead atoms. The Labute approximate surface area is 168 Å². The van der Waals surface area contributed by atoms with Gasteiger partial charge in [0.2, 0.25) is 0 Å². The van der Waals surface area contributed by atoms with Crippen molar-refractivity contribution >= 4 is 0 Å². The van der Waals surface area contributed by atoms with Crippen LogP contribution < -0.4 is 0 Å². The van der Waals surface area contributed by atoms with Crippen molar-refractivity contribution in [3.8, 4) is 23.7 Å². The molecule has 0 saturated carbocycles. The maximum atomic E-state index is 3.42. The van der Waals surface area contributed by atoms with E-state index in [1.165, 1.54) is 35.1 Å². The molecule has 0 N–H and O–H groups in total. The van der Waals surface area contributed by atoms with Crippen molar-refractivity contribution in [3.63, 3.8) is 0 Å². The molecule has 0 atom stereocenters. The van der Waals surface area contributed by atoms with Gasteiger partial charge < -0.3 is 0 Å². The summed E-state index contributed by atoms with van der Waals surface area (Å²) >= 11 is 0. The van der Waals surface area contributed by atoms with Gasteiger partial charge in [-0.2, -0.15) is 0 Å². The summed E-state index contributed by atoms with van der Waals surface area (Å²) in [4.78, 5) is 0. The molecule has 0 spiro atoms. The van der Waals surface area contributed by atoms with Crippen molar-refractivity contribution in [3.05, 3.63) is 105 Å². The highest BCUT2D eigenvalue weighted by atomic mass is 14.2. The van der Waals surface area contributed by atoms with Crippen LogP contribution in [0, 0.1) is 37.5 Å². The first-order valence-corrected chi connectivity index (χ1v) is 10.0. The van der Waals surface area contributed by atoms with Crippen molar-refractivity contribution in [2.24, 2.45) is 0 Å². The largest absolute Gasteiger partial charge is 0.0616 e. The van der Waals surface area contributed by atoms with Crippen LogP contribution in [-0.2, 0) is 12.8 Å². The zero-order valence-corrected chi connectivity index (χ0v) is 16.6. The summed E-state index contributed by atoms with van der Waals surface area (Å²) in [6.45, 7) is 4.20. The molecule has 3 aromatic rings. The van der Waals surface area contributed by atoms with Gasteiger partial charge in [-0.25, -0.2) is 0 Å². The standard InChI is InChI=1S/C28H24/c1-21-7-11-23(12-8-21)15-17-25-19-20-26(28-6-4-3-5-27(25)28)18-16-24-13-9-22(2)10-14-24/h7-14,19-20H,3-6H2,1-2H3. The number of hydrogen-bond acceptors (Lipinski definition) is 0. The highest BCUT2D eigenvalue weighted by Crippen LogP contribution is 2.27. The van der Waals surface area contributed by atoms with Gasteiger partial charge in [0.15, 0.2) is 0 Å². The van der Waals surface area contributed by atoms with Crippen LogP contribution in [0.4, 0.5) is 0 Å². The Morgan fingerprint density at radius 3 is 1.29 bits per heavy atom. The van der Waals surface area contributed by atoms with Gasteiger partial charge in [0.25, 0.3) is 0 Å². The Balaban J connectivity index is 1.68. The molecule has 1 aliphatic carbocycles. The average molecular weight is 361 g/mol. The van der Waals surface area contributed by atoms with Gasteiger partial charge in [-0.05, 0) is 87.1 Å². The Bertz CT molecular complexity index is 1010. The molecule has 136 valence electrons. The number of fused-ring (bicyclic) bond motifs is 1. The van der Waals surface area contributed by atoms with E-state index in [-0.39, 0.29) is 0 Å². The third-order valence-electron chi connectivity index (χ3n) is 5.32. The minimum absolute atomic E-state index is 1.07. The van der Waals surface area contributed by atoms with E-state index in [0.717, 1.165) is 35.1 Å². The normalized spacial score (nSPS) is 12.2. The predicted octanol–water partition coefficient (Wildman–Crippen LogP) is 5.98. The third-order valence-corrected chi connectivity index (χ3v) is 5.32. The fraction of sp³-hybridized carbons (Fsp3) is 0.214. The van der Waals surface area contributed by atoms with Gasteiger partial charge in [-0.1, -0.05) is 59.1 Å². The van der Waals surface area contributed by atoms with Gasteiger partial charge in [0.05, 0.1) is 0 Å². The van der Waals surface area contributed by atoms with E-state index in [0.29, 0.717) is 0 Å². The zero-order chi connectivity index (χ0) is 19.3. The summed E-state index contributed by atoms with van der Waals surface area (Å²) in [5, 5.41) is 0. The Morgan fingerprint density at radius 2 is 0.893 bits per heavy atom. The van der Waals surface area contributed by atoms with Crippen LogP contribution in [0.1, 0.15) is 57.3 Å². The van der Waals surface area contributed by atoms with Gasteiger partial charge in [-0.15, -0.1) is 0 Å². The van der Waals surface area contributed by atoms with Gasteiger partial charge >= 0.3 is 0 Å². The van der Waals surface area contributed by atoms with Crippen LogP contribution in [-0.4, -0.2) is 0 Å². The molecule has 0 heterocycles. The Hall–Kier alpha value is -3.22. The summed E-state index contributed by atoms with van der Waals surface area (Å²) in [6.07, 6.45) is 4.68. The molecule has 0 fully saturated rings. The van der Waals surface area contributed by atoms with Crippen LogP contribution in [0.3, 0.4) is 0 Å². The molecular formula is C28H24. The SMILES string of the molecule is Cc1ccc(C#Cc2ccc(C#Cc3ccc(C)cc3)c3c2CCCC3)cc1. The fourth-order valence-electron chi connectivity index (χ4n) is 3.65. The lowest BCUT2D eigenvalue weighted by Gasteiger charge is -2.19. The first-order valence-electron chi connectivity index (χ1n) is 10.0. The molecule has 4 rings (SSSR count). The van der Waals surface area contributed by atoms with E-state index < -0.39 is 0 Å². The smallest absolute Gasteiger partial charge is 0.0284 e. The van der Waals surface area contributed by atoms with Gasteiger partial charge in [0, 0.05) is 22.3 Å². The lowest BCUT2D eigenvalue weighted by Crippen LogP contribution is -2.07. The molecule has 1 aliphatic rings. The van der Waals surface area contributed by atoms with E-state index in [2.05, 4.69) is 98.2 Å². The van der Waals surface area contributed by atoms with Crippen LogP contribution >= 0.6 is 0 Å². The Kier molecular flexibility index (Phi) is 5.32. The van der Waals surface area contributed by atoms with E-state index in [9.17, 15) is 0 Å². The van der Waals surface area contributed by atoms with Crippen LogP contribution in [0.5, 0.6) is 0 Å². The van der Waals surface area contributed by atoms with Crippen molar-refractivity contribution in [2.75, 3.05) is 0 Å². The van der Waals surface area contributed by atoms with Crippen molar-refractivity contribution in [2.45, 2.75) is 39.5 Å². The lowest BCUT2D eigenvalue weighted by molar-refractivity contribution is 0.683.